The van der Waals surface area contributed by atoms with Gasteiger partial charge in [0.15, 0.2) is 0 Å². The number of carboxylic acid groups (broad SMARTS) is 1. The monoisotopic (exact) mass is 509 g/mol. The standard InChI is InChI=1S/C27H31N3O5S/c1-5-28-27(33)29-23-8-6-7-22(16-23)21-11-9-20(10-12-21)15-24(26(31)32)30-36(34,35)25-18(3)13-17(2)14-19(25)4/h6-14,16,24,30H,5,15H2,1-4H3,(H,31,32)(H2,28,29,33)/t24-/m1/s1. The first-order valence-corrected chi connectivity index (χ1v) is 13.1. The first-order valence-electron chi connectivity index (χ1n) is 11.6. The fraction of sp³-hybridized carbons (Fsp3) is 0.259. The van der Waals surface area contributed by atoms with E-state index < -0.39 is 22.0 Å². The zero-order valence-electron chi connectivity index (χ0n) is 20.8. The highest BCUT2D eigenvalue weighted by Crippen LogP contribution is 2.25. The first kappa shape index (κ1) is 26.9. The van der Waals surface area contributed by atoms with E-state index in [2.05, 4.69) is 15.4 Å². The van der Waals surface area contributed by atoms with Crippen LogP contribution in [-0.4, -0.2) is 38.1 Å². The lowest BCUT2D eigenvalue weighted by Crippen LogP contribution is -2.42. The van der Waals surface area contributed by atoms with Crippen LogP contribution in [0.3, 0.4) is 0 Å². The third kappa shape index (κ3) is 6.71. The number of benzene rings is 3. The van der Waals surface area contributed by atoms with Gasteiger partial charge in [-0.2, -0.15) is 4.72 Å². The van der Waals surface area contributed by atoms with Crippen LogP contribution < -0.4 is 15.4 Å². The summed E-state index contributed by atoms with van der Waals surface area (Å²) < 4.78 is 28.5. The second-order valence-corrected chi connectivity index (χ2v) is 10.4. The molecule has 0 fully saturated rings. The number of carboxylic acids is 1. The summed E-state index contributed by atoms with van der Waals surface area (Å²) in [4.78, 5) is 23.8. The van der Waals surface area contributed by atoms with Crippen molar-refractivity contribution in [1.29, 1.82) is 0 Å². The Hall–Kier alpha value is -3.69. The lowest BCUT2D eigenvalue weighted by atomic mass is 10.0. The molecule has 0 saturated carbocycles. The van der Waals surface area contributed by atoms with Gasteiger partial charge in [0.05, 0.1) is 4.90 Å². The van der Waals surface area contributed by atoms with Crippen LogP contribution in [0.5, 0.6) is 0 Å². The lowest BCUT2D eigenvalue weighted by molar-refractivity contribution is -0.138. The van der Waals surface area contributed by atoms with Gasteiger partial charge in [-0.25, -0.2) is 13.2 Å². The third-order valence-electron chi connectivity index (χ3n) is 5.65. The van der Waals surface area contributed by atoms with Gasteiger partial charge in [-0.3, -0.25) is 4.79 Å². The average molecular weight is 510 g/mol. The topological polar surface area (TPSA) is 125 Å². The Kier molecular flexibility index (Phi) is 8.49. The molecule has 4 N–H and O–H groups in total. The predicted octanol–water partition coefficient (Wildman–Crippen LogP) is 4.39. The fourth-order valence-corrected chi connectivity index (χ4v) is 5.84. The number of amides is 2. The molecular formula is C27H31N3O5S. The van der Waals surface area contributed by atoms with Crippen LogP contribution in [0.25, 0.3) is 11.1 Å². The Morgan fingerprint density at radius 1 is 0.917 bits per heavy atom. The van der Waals surface area contributed by atoms with Crippen LogP contribution in [0.1, 0.15) is 29.2 Å². The van der Waals surface area contributed by atoms with Crippen LogP contribution in [0.2, 0.25) is 0 Å². The van der Waals surface area contributed by atoms with Crippen molar-refractivity contribution in [2.24, 2.45) is 0 Å². The minimum absolute atomic E-state index is 0.0163. The maximum atomic E-state index is 13.1. The Labute approximate surface area is 211 Å². The molecule has 9 heteroatoms. The number of hydrogen-bond donors (Lipinski definition) is 4. The van der Waals surface area contributed by atoms with Crippen molar-refractivity contribution >= 4 is 27.7 Å². The smallest absolute Gasteiger partial charge is 0.322 e. The van der Waals surface area contributed by atoms with Crippen LogP contribution in [0.15, 0.2) is 65.6 Å². The molecule has 0 aliphatic rings. The Bertz CT molecular complexity index is 1350. The molecule has 2 amide bonds. The van der Waals surface area contributed by atoms with E-state index in [1.54, 1.807) is 44.2 Å². The quantitative estimate of drug-likeness (QED) is 0.340. The molecule has 8 nitrogen and oxygen atoms in total. The molecule has 0 bridgehead atoms. The summed E-state index contributed by atoms with van der Waals surface area (Å²) >= 11 is 0. The number of aliphatic carboxylic acids is 1. The average Bonchev–Trinajstić information content (AvgIpc) is 2.78. The van der Waals surface area contributed by atoms with Crippen molar-refractivity contribution < 1.29 is 23.1 Å². The zero-order chi connectivity index (χ0) is 26.5. The molecular weight excluding hydrogens is 478 g/mol. The van der Waals surface area contributed by atoms with Gasteiger partial charge >= 0.3 is 12.0 Å². The highest BCUT2D eigenvalue weighted by atomic mass is 32.2. The largest absolute Gasteiger partial charge is 0.480 e. The van der Waals surface area contributed by atoms with Gasteiger partial charge in [0.1, 0.15) is 6.04 Å². The van der Waals surface area contributed by atoms with Gasteiger partial charge in [0.2, 0.25) is 10.0 Å². The van der Waals surface area contributed by atoms with E-state index in [1.807, 2.05) is 44.2 Å². The Morgan fingerprint density at radius 3 is 2.14 bits per heavy atom. The molecule has 190 valence electrons. The number of carbonyl (C=O) groups excluding carboxylic acids is 1. The number of anilines is 1. The fourth-order valence-electron chi connectivity index (χ4n) is 4.20. The highest BCUT2D eigenvalue weighted by Gasteiger charge is 2.28. The van der Waals surface area contributed by atoms with Gasteiger partial charge in [0.25, 0.3) is 0 Å². The van der Waals surface area contributed by atoms with E-state index >= 15 is 0 Å². The molecule has 1 atom stereocenters. The minimum atomic E-state index is -4.04. The van der Waals surface area contributed by atoms with Gasteiger partial charge < -0.3 is 15.7 Å². The highest BCUT2D eigenvalue weighted by molar-refractivity contribution is 7.89. The Morgan fingerprint density at radius 2 is 1.56 bits per heavy atom. The number of rotatable bonds is 9. The van der Waals surface area contributed by atoms with Crippen molar-refractivity contribution in [3.05, 3.63) is 82.9 Å². The van der Waals surface area contributed by atoms with Crippen molar-refractivity contribution in [1.82, 2.24) is 10.0 Å². The van der Waals surface area contributed by atoms with Crippen molar-refractivity contribution in [3.8, 4) is 11.1 Å². The maximum absolute atomic E-state index is 13.1. The third-order valence-corrected chi connectivity index (χ3v) is 7.43. The second-order valence-electron chi connectivity index (χ2n) is 8.71. The summed E-state index contributed by atoms with van der Waals surface area (Å²) in [5, 5.41) is 15.2. The molecule has 0 radical (unpaired) electrons. The van der Waals surface area contributed by atoms with Gasteiger partial charge in [-0.05, 0) is 74.1 Å². The zero-order valence-corrected chi connectivity index (χ0v) is 21.6. The molecule has 3 aromatic carbocycles. The van der Waals surface area contributed by atoms with Crippen molar-refractivity contribution in [2.45, 2.75) is 45.1 Å². The molecule has 0 spiro atoms. The summed E-state index contributed by atoms with van der Waals surface area (Å²) in [5.41, 5.74) is 5.12. The van der Waals surface area contributed by atoms with Crippen molar-refractivity contribution in [2.75, 3.05) is 11.9 Å². The van der Waals surface area contributed by atoms with E-state index in [-0.39, 0.29) is 17.3 Å². The molecule has 0 unspecified atom stereocenters. The second kappa shape index (κ2) is 11.4. The molecule has 0 aliphatic heterocycles. The number of urea groups is 1. The molecule has 0 saturated heterocycles. The van der Waals surface area contributed by atoms with E-state index in [0.29, 0.717) is 28.9 Å². The summed E-state index contributed by atoms with van der Waals surface area (Å²) in [6, 6.07) is 16.5. The van der Waals surface area contributed by atoms with Gasteiger partial charge in [0, 0.05) is 12.2 Å². The predicted molar refractivity (Wildman–Crippen MR) is 141 cm³/mol. The lowest BCUT2D eigenvalue weighted by Gasteiger charge is -2.18. The summed E-state index contributed by atoms with van der Waals surface area (Å²) in [6.07, 6.45) is -0.0163. The van der Waals surface area contributed by atoms with Gasteiger partial charge in [-0.1, -0.05) is 54.1 Å². The van der Waals surface area contributed by atoms with E-state index in [0.717, 1.165) is 16.7 Å². The molecule has 0 heterocycles. The first-order chi connectivity index (χ1) is 17.0. The minimum Gasteiger partial charge on any atom is -0.480 e. The number of hydrogen-bond acceptors (Lipinski definition) is 4. The van der Waals surface area contributed by atoms with Crippen molar-refractivity contribution in [3.63, 3.8) is 0 Å². The van der Waals surface area contributed by atoms with Gasteiger partial charge in [-0.15, -0.1) is 0 Å². The van der Waals surface area contributed by atoms with E-state index in [4.69, 9.17) is 0 Å². The summed E-state index contributed by atoms with van der Waals surface area (Å²) in [6.45, 7) is 7.63. The number of carbonyl (C=O) groups is 2. The van der Waals surface area contributed by atoms with Crippen LogP contribution >= 0.6 is 0 Å². The molecule has 3 aromatic rings. The van der Waals surface area contributed by atoms with Crippen LogP contribution in [0.4, 0.5) is 10.5 Å². The summed E-state index contributed by atoms with van der Waals surface area (Å²) in [5.74, 6) is -1.26. The molecule has 0 aromatic heterocycles. The number of sulfonamides is 1. The number of nitrogens with one attached hydrogen (secondary N) is 3. The Balaban J connectivity index is 1.77. The molecule has 3 rings (SSSR count). The molecule has 36 heavy (non-hydrogen) atoms. The van der Waals surface area contributed by atoms with Crippen LogP contribution in [0, 0.1) is 20.8 Å². The van der Waals surface area contributed by atoms with Crippen LogP contribution in [-0.2, 0) is 21.2 Å². The number of aryl methyl sites for hydroxylation is 3. The maximum Gasteiger partial charge on any atom is 0.322 e. The van der Waals surface area contributed by atoms with E-state index in [1.165, 1.54) is 0 Å². The summed E-state index contributed by atoms with van der Waals surface area (Å²) in [7, 11) is -4.04. The normalized spacial score (nSPS) is 12.1. The molecule has 0 aliphatic carbocycles. The van der Waals surface area contributed by atoms with E-state index in [9.17, 15) is 23.1 Å². The SMILES string of the molecule is CCNC(=O)Nc1cccc(-c2ccc(C[C@@H](NS(=O)(=O)c3c(C)cc(C)cc3C)C(=O)O)cc2)c1.